The number of carbonyl (C=O) groups excluding carboxylic acids is 1. The number of halogens is 2. The molecule has 0 saturated carbocycles. The summed E-state index contributed by atoms with van der Waals surface area (Å²) < 4.78 is 36.8. The molecule has 20 heavy (non-hydrogen) atoms. The van der Waals surface area contributed by atoms with Gasteiger partial charge in [0.1, 0.15) is 23.1 Å². The second-order valence-corrected chi connectivity index (χ2v) is 4.05. The van der Waals surface area contributed by atoms with Crippen molar-refractivity contribution in [2.75, 3.05) is 14.2 Å². The molecule has 0 N–H and O–H groups in total. The molecule has 0 bridgehead atoms. The molecule has 0 saturated heterocycles. The van der Waals surface area contributed by atoms with Crippen molar-refractivity contribution in [3.05, 3.63) is 59.2 Å². The molecule has 0 aliphatic rings. The van der Waals surface area contributed by atoms with Crippen LogP contribution in [-0.4, -0.2) is 20.0 Å². The van der Waals surface area contributed by atoms with Crippen molar-refractivity contribution < 1.29 is 23.0 Å². The van der Waals surface area contributed by atoms with Crippen LogP contribution in [0, 0.1) is 11.6 Å². The van der Waals surface area contributed by atoms with Gasteiger partial charge in [0.2, 0.25) is 0 Å². The van der Waals surface area contributed by atoms with E-state index in [1.807, 2.05) is 0 Å². The van der Waals surface area contributed by atoms with Crippen molar-refractivity contribution in [3.63, 3.8) is 0 Å². The Bertz CT molecular complexity index is 631. The summed E-state index contributed by atoms with van der Waals surface area (Å²) in [6.45, 7) is 0. The van der Waals surface area contributed by atoms with Gasteiger partial charge in [-0.1, -0.05) is 0 Å². The molecule has 2 aromatic carbocycles. The Hall–Kier alpha value is -2.43. The molecule has 0 atom stereocenters. The molecule has 0 spiro atoms. The Morgan fingerprint density at radius 1 is 0.950 bits per heavy atom. The molecule has 0 aromatic heterocycles. The van der Waals surface area contributed by atoms with Crippen LogP contribution >= 0.6 is 0 Å². The van der Waals surface area contributed by atoms with Crippen molar-refractivity contribution in [1.82, 2.24) is 0 Å². The zero-order valence-corrected chi connectivity index (χ0v) is 10.9. The highest BCUT2D eigenvalue weighted by Crippen LogP contribution is 2.25. The number of rotatable bonds is 4. The van der Waals surface area contributed by atoms with Crippen LogP contribution in [-0.2, 0) is 0 Å². The lowest BCUT2D eigenvalue weighted by Crippen LogP contribution is -2.05. The summed E-state index contributed by atoms with van der Waals surface area (Å²) in [6, 6.07) is 7.20. The maximum absolute atomic E-state index is 13.6. The molecule has 2 aromatic rings. The van der Waals surface area contributed by atoms with Crippen molar-refractivity contribution in [1.29, 1.82) is 0 Å². The smallest absolute Gasteiger partial charge is 0.196 e. The van der Waals surface area contributed by atoms with E-state index in [4.69, 9.17) is 9.47 Å². The Morgan fingerprint density at radius 3 is 2.10 bits per heavy atom. The van der Waals surface area contributed by atoms with Crippen LogP contribution in [0.3, 0.4) is 0 Å². The summed E-state index contributed by atoms with van der Waals surface area (Å²) in [6.07, 6.45) is 0. The van der Waals surface area contributed by atoms with E-state index in [0.29, 0.717) is 11.5 Å². The molecular formula is C15H12F2O3. The number of ether oxygens (including phenoxy) is 2. The predicted molar refractivity (Wildman–Crippen MR) is 69.3 cm³/mol. The molecule has 0 unspecified atom stereocenters. The van der Waals surface area contributed by atoms with E-state index in [9.17, 15) is 13.6 Å². The maximum Gasteiger partial charge on any atom is 0.196 e. The Kier molecular flexibility index (Phi) is 3.98. The molecule has 5 heteroatoms. The fourth-order valence-electron chi connectivity index (χ4n) is 1.77. The molecule has 0 amide bonds. The Balaban J connectivity index is 2.50. The monoisotopic (exact) mass is 278 g/mol. The average molecular weight is 278 g/mol. The molecule has 0 heterocycles. The number of hydrogen-bond acceptors (Lipinski definition) is 3. The number of methoxy groups -OCH3 is 2. The van der Waals surface area contributed by atoms with Gasteiger partial charge in [0.25, 0.3) is 0 Å². The molecule has 2 rings (SSSR count). The summed E-state index contributed by atoms with van der Waals surface area (Å²) in [5.41, 5.74) is -0.175. The van der Waals surface area contributed by atoms with Gasteiger partial charge in [0.05, 0.1) is 19.8 Å². The molecule has 3 nitrogen and oxygen atoms in total. The number of benzene rings is 2. The second kappa shape index (κ2) is 5.69. The van der Waals surface area contributed by atoms with Crippen LogP contribution in [0.4, 0.5) is 8.78 Å². The zero-order chi connectivity index (χ0) is 14.7. The summed E-state index contributed by atoms with van der Waals surface area (Å²) in [7, 11) is 2.87. The van der Waals surface area contributed by atoms with Crippen LogP contribution in [0.15, 0.2) is 36.4 Å². The molecule has 0 fully saturated rings. The zero-order valence-electron chi connectivity index (χ0n) is 10.9. The van der Waals surface area contributed by atoms with E-state index < -0.39 is 17.4 Å². The molecule has 104 valence electrons. The van der Waals surface area contributed by atoms with Gasteiger partial charge in [0, 0.05) is 11.6 Å². The van der Waals surface area contributed by atoms with Crippen LogP contribution in [0.25, 0.3) is 0 Å². The highest BCUT2D eigenvalue weighted by Gasteiger charge is 2.17. The number of ketones is 1. The third-order valence-corrected chi connectivity index (χ3v) is 2.79. The van der Waals surface area contributed by atoms with Gasteiger partial charge in [0.15, 0.2) is 5.78 Å². The van der Waals surface area contributed by atoms with Crippen LogP contribution in [0.2, 0.25) is 0 Å². The first-order valence-electron chi connectivity index (χ1n) is 5.78. The van der Waals surface area contributed by atoms with Gasteiger partial charge < -0.3 is 9.47 Å². The second-order valence-electron chi connectivity index (χ2n) is 4.05. The fraction of sp³-hybridized carbons (Fsp3) is 0.133. The van der Waals surface area contributed by atoms with E-state index >= 15 is 0 Å². The van der Waals surface area contributed by atoms with Gasteiger partial charge in [-0.3, -0.25) is 4.79 Å². The van der Waals surface area contributed by atoms with Crippen molar-refractivity contribution in [2.24, 2.45) is 0 Å². The van der Waals surface area contributed by atoms with E-state index in [0.717, 1.165) is 18.2 Å². The molecular weight excluding hydrogens is 266 g/mol. The fourth-order valence-corrected chi connectivity index (χ4v) is 1.77. The first-order valence-corrected chi connectivity index (χ1v) is 5.78. The highest BCUT2D eigenvalue weighted by molar-refractivity contribution is 6.09. The summed E-state index contributed by atoms with van der Waals surface area (Å²) in [5, 5.41) is 0. The third-order valence-electron chi connectivity index (χ3n) is 2.79. The summed E-state index contributed by atoms with van der Waals surface area (Å²) >= 11 is 0. The quantitative estimate of drug-likeness (QED) is 0.806. The third kappa shape index (κ3) is 2.77. The van der Waals surface area contributed by atoms with Crippen molar-refractivity contribution in [3.8, 4) is 11.5 Å². The van der Waals surface area contributed by atoms with E-state index in [1.54, 1.807) is 6.07 Å². The topological polar surface area (TPSA) is 35.5 Å². The molecule has 0 aliphatic heterocycles. The lowest BCUT2D eigenvalue weighted by Gasteiger charge is -2.08. The molecule has 0 radical (unpaired) electrons. The first kappa shape index (κ1) is 14.0. The predicted octanol–water partition coefficient (Wildman–Crippen LogP) is 3.21. The number of carbonyl (C=O) groups is 1. The lowest BCUT2D eigenvalue weighted by atomic mass is 10.0. The van der Waals surface area contributed by atoms with Crippen molar-refractivity contribution in [2.45, 2.75) is 0 Å². The largest absolute Gasteiger partial charge is 0.497 e. The van der Waals surface area contributed by atoms with Gasteiger partial charge >= 0.3 is 0 Å². The average Bonchev–Trinajstić information content (AvgIpc) is 2.48. The SMILES string of the molecule is COc1cc(OC)cc(C(=O)c2cc(F)ccc2F)c1. The van der Waals surface area contributed by atoms with E-state index in [2.05, 4.69) is 0 Å². The van der Waals surface area contributed by atoms with E-state index in [1.165, 1.54) is 26.4 Å². The number of hydrogen-bond donors (Lipinski definition) is 0. The van der Waals surface area contributed by atoms with Crippen LogP contribution in [0.1, 0.15) is 15.9 Å². The lowest BCUT2D eigenvalue weighted by molar-refractivity contribution is 0.103. The minimum atomic E-state index is -0.779. The van der Waals surface area contributed by atoms with Gasteiger partial charge in [-0.05, 0) is 30.3 Å². The Morgan fingerprint density at radius 2 is 1.55 bits per heavy atom. The minimum Gasteiger partial charge on any atom is -0.497 e. The first-order chi connectivity index (χ1) is 9.55. The molecule has 0 aliphatic carbocycles. The standard InChI is InChI=1S/C15H12F2O3/c1-19-11-5-9(6-12(8-11)20-2)15(18)13-7-10(16)3-4-14(13)17/h3-8H,1-2H3. The summed E-state index contributed by atoms with van der Waals surface area (Å²) in [4.78, 5) is 12.2. The van der Waals surface area contributed by atoms with Crippen LogP contribution in [0.5, 0.6) is 11.5 Å². The normalized spacial score (nSPS) is 10.2. The van der Waals surface area contributed by atoms with Crippen molar-refractivity contribution >= 4 is 5.78 Å². The van der Waals surface area contributed by atoms with Gasteiger partial charge in [-0.2, -0.15) is 0 Å². The van der Waals surface area contributed by atoms with E-state index in [-0.39, 0.29) is 11.1 Å². The summed E-state index contributed by atoms with van der Waals surface area (Å²) in [5.74, 6) is -1.31. The Labute approximate surface area is 114 Å². The highest BCUT2D eigenvalue weighted by atomic mass is 19.1. The van der Waals surface area contributed by atoms with Gasteiger partial charge in [-0.15, -0.1) is 0 Å². The maximum atomic E-state index is 13.6. The minimum absolute atomic E-state index is 0.158. The van der Waals surface area contributed by atoms with Crippen LogP contribution < -0.4 is 9.47 Å². The van der Waals surface area contributed by atoms with Gasteiger partial charge in [-0.25, -0.2) is 8.78 Å².